The Kier molecular flexibility index (Phi) is 43.2. The summed E-state index contributed by atoms with van der Waals surface area (Å²) in [6, 6.07) is -0.434. The summed E-state index contributed by atoms with van der Waals surface area (Å²) in [5.41, 5.74) is 10.1. The van der Waals surface area contributed by atoms with Crippen LogP contribution in [-0.2, 0) is 62.1 Å². The van der Waals surface area contributed by atoms with Gasteiger partial charge in [0, 0.05) is 95.7 Å². The number of primary amides is 2. The molecule has 0 aromatic carbocycles. The number of ether oxygens (including phenoxy) is 4. The van der Waals surface area contributed by atoms with Gasteiger partial charge in [0.1, 0.15) is 19.0 Å². The van der Waals surface area contributed by atoms with Crippen LogP contribution in [0.5, 0.6) is 0 Å². The van der Waals surface area contributed by atoms with Gasteiger partial charge in [0.15, 0.2) is 0 Å². The van der Waals surface area contributed by atoms with Gasteiger partial charge in [-0.05, 0) is 92.9 Å². The highest BCUT2D eigenvalue weighted by molar-refractivity contribution is 5.91. The number of carbonyl (C=O) groups is 9. The van der Waals surface area contributed by atoms with E-state index < -0.39 is 23.0 Å². The number of hydrogen-bond donors (Lipinski definition) is 12. The highest BCUT2D eigenvalue weighted by Crippen LogP contribution is 2.17. The third kappa shape index (κ3) is 41.7. The minimum Gasteiger partial charge on any atom is -0.411 e. The van der Waals surface area contributed by atoms with Gasteiger partial charge in [-0.2, -0.15) is 0 Å². The molecule has 0 bridgehead atoms. The summed E-state index contributed by atoms with van der Waals surface area (Å²) in [5.74, 6) is -3.52. The Morgan fingerprint density at radius 1 is 0.470 bits per heavy atom. The van der Waals surface area contributed by atoms with Crippen LogP contribution in [0.25, 0.3) is 0 Å². The second-order valence-electron chi connectivity index (χ2n) is 21.9. The van der Waals surface area contributed by atoms with Crippen LogP contribution in [0.2, 0.25) is 0 Å². The molecule has 478 valence electrons. The summed E-state index contributed by atoms with van der Waals surface area (Å²) in [5, 5.41) is 48.8. The molecule has 0 aliphatic rings. The van der Waals surface area contributed by atoms with Gasteiger partial charge in [-0.3, -0.25) is 43.2 Å². The SMILES string of the molecule is C/C(=N/O)C(C)(C)NCC(CNC(C)(C)/C(C)=N\O)NC(=O)CCCC(=O)C[C@@H](CCCCNC(=O)CCCC(=O)NCCOCCOCC(=O)NCCOCCOCC(=O)NCCCC[C@H](C)C(N)=O)C(=O)NCCCC[C@H](C)C(N)=O. The molecule has 8 amide bonds. The van der Waals surface area contributed by atoms with Crippen LogP contribution in [-0.4, -0.2) is 191 Å². The van der Waals surface area contributed by atoms with Crippen molar-refractivity contribution in [3.63, 3.8) is 0 Å². The predicted octanol–water partition coefficient (Wildman–Crippen LogP) is 1.22. The number of amides is 8. The molecular formula is C56H104N12O15. The molecule has 27 nitrogen and oxygen atoms in total. The minimum absolute atomic E-state index is 0.0192. The van der Waals surface area contributed by atoms with Crippen molar-refractivity contribution in [1.29, 1.82) is 0 Å². The number of ketones is 1. The zero-order valence-corrected chi connectivity index (χ0v) is 51.0. The van der Waals surface area contributed by atoms with Crippen LogP contribution in [0, 0.1) is 17.8 Å². The fraction of sp³-hybridized carbons (Fsp3) is 0.804. The number of nitrogens with two attached hydrogens (primary N) is 2. The summed E-state index contributed by atoms with van der Waals surface area (Å²) in [6.07, 6.45) is 6.59. The Bertz CT molecular complexity index is 1960. The topological polar surface area (TPSA) is 404 Å². The summed E-state index contributed by atoms with van der Waals surface area (Å²) in [4.78, 5) is 111. The van der Waals surface area contributed by atoms with Gasteiger partial charge in [0.05, 0.1) is 68.2 Å². The lowest BCUT2D eigenvalue weighted by molar-refractivity contribution is -0.130. The lowest BCUT2D eigenvalue weighted by atomic mass is 9.93. The largest absolute Gasteiger partial charge is 0.411 e. The van der Waals surface area contributed by atoms with E-state index in [1.54, 1.807) is 27.7 Å². The van der Waals surface area contributed by atoms with Crippen molar-refractivity contribution in [1.82, 2.24) is 42.5 Å². The van der Waals surface area contributed by atoms with Gasteiger partial charge in [-0.1, -0.05) is 43.4 Å². The van der Waals surface area contributed by atoms with E-state index >= 15 is 0 Å². The third-order valence-electron chi connectivity index (χ3n) is 13.9. The van der Waals surface area contributed by atoms with Crippen molar-refractivity contribution < 1.29 is 72.5 Å². The van der Waals surface area contributed by atoms with Gasteiger partial charge < -0.3 is 83.4 Å². The maximum Gasteiger partial charge on any atom is 0.246 e. The maximum absolute atomic E-state index is 13.4. The number of Topliss-reactive ketones (excluding diaryl/α,β-unsaturated/α-hetero) is 1. The van der Waals surface area contributed by atoms with E-state index in [0.717, 1.165) is 12.8 Å². The van der Waals surface area contributed by atoms with Crippen molar-refractivity contribution in [2.45, 2.75) is 175 Å². The number of nitrogens with one attached hydrogen (secondary N) is 8. The fourth-order valence-corrected chi connectivity index (χ4v) is 7.63. The smallest absolute Gasteiger partial charge is 0.246 e. The van der Waals surface area contributed by atoms with E-state index in [9.17, 15) is 53.6 Å². The van der Waals surface area contributed by atoms with Gasteiger partial charge in [-0.15, -0.1) is 0 Å². The highest BCUT2D eigenvalue weighted by atomic mass is 16.5. The Morgan fingerprint density at radius 3 is 1.31 bits per heavy atom. The third-order valence-corrected chi connectivity index (χ3v) is 13.9. The minimum atomic E-state index is -0.683. The Morgan fingerprint density at radius 2 is 0.855 bits per heavy atom. The molecule has 0 saturated heterocycles. The number of oxime groups is 2. The van der Waals surface area contributed by atoms with Gasteiger partial charge >= 0.3 is 0 Å². The average molecular weight is 1190 g/mol. The van der Waals surface area contributed by atoms with E-state index in [4.69, 9.17) is 30.4 Å². The zero-order valence-electron chi connectivity index (χ0n) is 51.0. The number of unbranched alkanes of at least 4 members (excludes halogenated alkanes) is 3. The number of carbonyl (C=O) groups excluding carboxylic acids is 9. The second kappa shape index (κ2) is 46.5. The molecule has 83 heavy (non-hydrogen) atoms. The number of rotatable bonds is 53. The maximum atomic E-state index is 13.4. The molecule has 0 aliphatic heterocycles. The van der Waals surface area contributed by atoms with Gasteiger partial charge in [0.2, 0.25) is 47.3 Å². The molecule has 0 rings (SSSR count). The van der Waals surface area contributed by atoms with Gasteiger partial charge in [0.25, 0.3) is 0 Å². The van der Waals surface area contributed by atoms with Crippen molar-refractivity contribution in [3.8, 4) is 0 Å². The number of hydrogen-bond acceptors (Lipinski definition) is 19. The normalized spacial score (nSPS) is 13.5. The fourth-order valence-electron chi connectivity index (χ4n) is 7.63. The van der Waals surface area contributed by atoms with E-state index in [0.29, 0.717) is 95.5 Å². The molecule has 0 radical (unpaired) electrons. The summed E-state index contributed by atoms with van der Waals surface area (Å²) >= 11 is 0. The molecule has 0 aliphatic carbocycles. The van der Waals surface area contributed by atoms with Crippen LogP contribution in [0.15, 0.2) is 10.3 Å². The molecular weight excluding hydrogens is 1080 g/mol. The van der Waals surface area contributed by atoms with Crippen LogP contribution in [0.4, 0.5) is 0 Å². The first-order valence-electron chi connectivity index (χ1n) is 29.3. The summed E-state index contributed by atoms with van der Waals surface area (Å²) in [6.45, 7) is 17.6. The molecule has 0 heterocycles. The molecule has 0 spiro atoms. The molecule has 0 aromatic heterocycles. The Hall–Kier alpha value is -5.87. The average Bonchev–Trinajstić information content (AvgIpc) is 3.43. The van der Waals surface area contributed by atoms with Crippen LogP contribution >= 0.6 is 0 Å². The quantitative estimate of drug-likeness (QED) is 0.0176. The lowest BCUT2D eigenvalue weighted by Gasteiger charge is -2.32. The molecule has 0 saturated carbocycles. The first kappa shape index (κ1) is 77.1. The Labute approximate surface area is 491 Å². The van der Waals surface area contributed by atoms with Crippen LogP contribution in [0.3, 0.4) is 0 Å². The van der Waals surface area contributed by atoms with E-state index in [-0.39, 0.29) is 169 Å². The molecule has 0 fully saturated rings. The Balaban J connectivity index is 4.57. The molecule has 3 atom stereocenters. The predicted molar refractivity (Wildman–Crippen MR) is 313 cm³/mol. The van der Waals surface area contributed by atoms with Crippen LogP contribution < -0.4 is 54.0 Å². The van der Waals surface area contributed by atoms with Crippen molar-refractivity contribution >= 4 is 64.5 Å². The van der Waals surface area contributed by atoms with Crippen molar-refractivity contribution in [3.05, 3.63) is 0 Å². The second-order valence-corrected chi connectivity index (χ2v) is 21.9. The molecule has 0 aromatic rings. The highest BCUT2D eigenvalue weighted by Gasteiger charge is 2.28. The first-order chi connectivity index (χ1) is 39.3. The van der Waals surface area contributed by atoms with Crippen molar-refractivity contribution in [2.24, 2.45) is 39.5 Å². The standard InChI is InChI=1S/C56H104N12O15/c1-40(52(57)75)17-9-12-25-60-50(73)38-82-33-32-81-30-28-62-51(74)39-83-34-31-80-29-27-61-48(71)22-16-21-47(70)59-24-14-11-19-44(54(77)63-26-13-10-18-41(2)53(58)76)35-46(69)20-15-23-49(72)66-45(36-64-55(5,6)42(3)67-78)37-65-56(7,8)43(4)68-79/h40-41,44-45,64-65,78-79H,9-39H2,1-8H3,(H2,57,75)(H2,58,76)(H,59,70)(H,60,73)(H,61,71)(H,62,74)(H,63,77)(H,66,72)/b67-42-,68-43-/t40-,41-,44+/m0/s1. The number of nitrogens with zero attached hydrogens (tertiary/aromatic N) is 2. The van der Waals surface area contributed by atoms with Crippen LogP contribution in [0.1, 0.15) is 158 Å². The first-order valence-corrected chi connectivity index (χ1v) is 29.3. The van der Waals surface area contributed by atoms with E-state index in [1.807, 2.05) is 27.7 Å². The zero-order chi connectivity index (χ0) is 62.5. The molecule has 27 heteroatoms. The summed E-state index contributed by atoms with van der Waals surface area (Å²) < 4.78 is 21.4. The lowest BCUT2D eigenvalue weighted by Crippen LogP contribution is -2.57. The van der Waals surface area contributed by atoms with Gasteiger partial charge in [-0.25, -0.2) is 0 Å². The molecule has 0 unspecified atom stereocenters. The van der Waals surface area contributed by atoms with E-state index in [2.05, 4.69) is 52.8 Å². The monoisotopic (exact) mass is 1180 g/mol. The van der Waals surface area contributed by atoms with Crippen molar-refractivity contribution in [2.75, 3.05) is 98.7 Å². The van der Waals surface area contributed by atoms with E-state index in [1.165, 1.54) is 0 Å². The summed E-state index contributed by atoms with van der Waals surface area (Å²) in [7, 11) is 0. The molecule has 14 N–H and O–H groups in total.